The van der Waals surface area contributed by atoms with Crippen molar-refractivity contribution in [3.05, 3.63) is 96.0 Å². The number of esters is 1. The van der Waals surface area contributed by atoms with Crippen molar-refractivity contribution in [2.24, 2.45) is 0 Å². The Morgan fingerprint density at radius 3 is 2.38 bits per heavy atom. The Bertz CT molecular complexity index is 1510. The number of carbonyl (C=O) groups excluding carboxylic acids is 2. The van der Waals surface area contributed by atoms with Crippen molar-refractivity contribution in [3.63, 3.8) is 0 Å². The SMILES string of the molecule is CCOC(=O)Cc1ccc(NC(=O)c2ncc(-c3ccccc3)o2)cc1S(=O)(=O)Nc1ccc(C)cc1. The standard InChI is InChI=1S/C27H25N3O6S/c1-3-35-25(31)15-20-11-14-22(16-24(20)37(33,34)30-21-12-9-18(2)10-13-21)29-26(32)27-28-17-23(36-27)19-7-5-4-6-8-19/h4-14,16-17,30H,3,15H2,1-2H3,(H,29,32). The zero-order valence-electron chi connectivity index (χ0n) is 20.2. The smallest absolute Gasteiger partial charge is 0.311 e. The van der Waals surface area contributed by atoms with Crippen LogP contribution in [0.25, 0.3) is 11.3 Å². The van der Waals surface area contributed by atoms with Crippen LogP contribution in [0, 0.1) is 6.92 Å². The van der Waals surface area contributed by atoms with E-state index in [1.54, 1.807) is 31.2 Å². The molecule has 0 fully saturated rings. The number of nitrogens with one attached hydrogen (secondary N) is 2. The van der Waals surface area contributed by atoms with E-state index in [9.17, 15) is 18.0 Å². The van der Waals surface area contributed by atoms with Crippen LogP contribution in [0.1, 0.15) is 28.7 Å². The number of sulfonamides is 1. The van der Waals surface area contributed by atoms with Gasteiger partial charge in [0.2, 0.25) is 0 Å². The molecule has 0 radical (unpaired) electrons. The van der Waals surface area contributed by atoms with Crippen molar-refractivity contribution in [3.8, 4) is 11.3 Å². The zero-order valence-corrected chi connectivity index (χ0v) is 21.0. The molecule has 0 aliphatic rings. The third kappa shape index (κ3) is 6.42. The van der Waals surface area contributed by atoms with Crippen LogP contribution in [-0.2, 0) is 26.0 Å². The summed E-state index contributed by atoms with van der Waals surface area (Å²) in [6.45, 7) is 3.72. The first kappa shape index (κ1) is 25.6. The number of amides is 1. The molecule has 9 nitrogen and oxygen atoms in total. The number of benzene rings is 3. The molecule has 0 aliphatic heterocycles. The molecule has 0 spiro atoms. The Hall–Kier alpha value is -4.44. The van der Waals surface area contributed by atoms with Crippen LogP contribution in [0.15, 0.2) is 88.3 Å². The lowest BCUT2D eigenvalue weighted by molar-refractivity contribution is -0.142. The van der Waals surface area contributed by atoms with Crippen LogP contribution in [0.4, 0.5) is 11.4 Å². The van der Waals surface area contributed by atoms with Crippen molar-refractivity contribution in [2.45, 2.75) is 25.2 Å². The maximum atomic E-state index is 13.3. The molecule has 0 saturated heterocycles. The van der Waals surface area contributed by atoms with E-state index in [0.717, 1.165) is 11.1 Å². The normalized spacial score (nSPS) is 11.1. The lowest BCUT2D eigenvalue weighted by atomic mass is 10.1. The average molecular weight is 520 g/mol. The number of anilines is 2. The van der Waals surface area contributed by atoms with Gasteiger partial charge in [-0.25, -0.2) is 13.4 Å². The summed E-state index contributed by atoms with van der Waals surface area (Å²) >= 11 is 0. The van der Waals surface area contributed by atoms with E-state index in [4.69, 9.17) is 9.15 Å². The quantitative estimate of drug-likeness (QED) is 0.304. The average Bonchev–Trinajstić information content (AvgIpc) is 3.38. The monoisotopic (exact) mass is 519 g/mol. The van der Waals surface area contributed by atoms with Gasteiger partial charge in [0, 0.05) is 16.9 Å². The molecular weight excluding hydrogens is 494 g/mol. The van der Waals surface area contributed by atoms with E-state index in [0.29, 0.717) is 11.4 Å². The molecule has 1 aromatic heterocycles. The summed E-state index contributed by atoms with van der Waals surface area (Å²) in [6, 6.07) is 20.2. The van der Waals surface area contributed by atoms with E-state index in [1.165, 1.54) is 24.4 Å². The third-order valence-corrected chi connectivity index (χ3v) is 6.78. The second-order valence-corrected chi connectivity index (χ2v) is 9.78. The number of ether oxygens (including phenoxy) is 1. The maximum absolute atomic E-state index is 13.3. The molecule has 2 N–H and O–H groups in total. The number of nitrogens with zero attached hydrogens (tertiary/aromatic N) is 1. The minimum atomic E-state index is -4.12. The summed E-state index contributed by atoms with van der Waals surface area (Å²) in [4.78, 5) is 28.8. The molecule has 1 heterocycles. The predicted molar refractivity (Wildman–Crippen MR) is 139 cm³/mol. The highest BCUT2D eigenvalue weighted by molar-refractivity contribution is 7.92. The topological polar surface area (TPSA) is 128 Å². The van der Waals surface area contributed by atoms with Crippen LogP contribution in [-0.4, -0.2) is 31.9 Å². The second kappa shape index (κ2) is 11.1. The van der Waals surface area contributed by atoms with E-state index in [1.807, 2.05) is 37.3 Å². The Labute approximate surface area is 214 Å². The minimum Gasteiger partial charge on any atom is -0.466 e. The number of carbonyl (C=O) groups is 2. The van der Waals surface area contributed by atoms with E-state index < -0.39 is 21.9 Å². The second-order valence-electron chi connectivity index (χ2n) is 8.13. The highest BCUT2D eigenvalue weighted by Crippen LogP contribution is 2.26. The molecule has 4 aromatic rings. The first-order chi connectivity index (χ1) is 17.7. The molecule has 0 bridgehead atoms. The molecule has 3 aromatic carbocycles. The van der Waals surface area contributed by atoms with Gasteiger partial charge in [0.1, 0.15) is 0 Å². The number of aryl methyl sites for hydroxylation is 1. The molecule has 0 saturated carbocycles. The molecular formula is C27H25N3O6S. The highest BCUT2D eigenvalue weighted by Gasteiger charge is 2.23. The van der Waals surface area contributed by atoms with Crippen LogP contribution in [0.3, 0.4) is 0 Å². The fourth-order valence-corrected chi connectivity index (χ4v) is 4.85. The molecule has 10 heteroatoms. The summed E-state index contributed by atoms with van der Waals surface area (Å²) in [5.74, 6) is -0.993. The van der Waals surface area contributed by atoms with Gasteiger partial charge in [-0.05, 0) is 43.7 Å². The lowest BCUT2D eigenvalue weighted by Gasteiger charge is -2.14. The van der Waals surface area contributed by atoms with E-state index >= 15 is 0 Å². The number of hydrogen-bond acceptors (Lipinski definition) is 7. The van der Waals surface area contributed by atoms with Gasteiger partial charge in [0.25, 0.3) is 15.9 Å². The zero-order chi connectivity index (χ0) is 26.4. The van der Waals surface area contributed by atoms with Crippen molar-refractivity contribution >= 4 is 33.3 Å². The van der Waals surface area contributed by atoms with Crippen LogP contribution in [0.2, 0.25) is 0 Å². The Morgan fingerprint density at radius 2 is 1.68 bits per heavy atom. The van der Waals surface area contributed by atoms with Crippen molar-refractivity contribution in [1.29, 1.82) is 0 Å². The summed E-state index contributed by atoms with van der Waals surface area (Å²) in [6.07, 6.45) is 1.18. The van der Waals surface area contributed by atoms with Crippen molar-refractivity contribution in [2.75, 3.05) is 16.6 Å². The van der Waals surface area contributed by atoms with Gasteiger partial charge in [-0.15, -0.1) is 0 Å². The summed E-state index contributed by atoms with van der Waals surface area (Å²) in [5, 5.41) is 2.61. The van der Waals surface area contributed by atoms with Crippen molar-refractivity contribution in [1.82, 2.24) is 4.98 Å². The number of aromatic nitrogens is 1. The molecule has 1 amide bonds. The molecule has 190 valence electrons. The largest absolute Gasteiger partial charge is 0.466 e. The molecule has 0 atom stereocenters. The van der Waals surface area contributed by atoms with Gasteiger partial charge >= 0.3 is 11.9 Å². The maximum Gasteiger partial charge on any atom is 0.311 e. The van der Waals surface area contributed by atoms with Crippen LogP contribution in [0.5, 0.6) is 0 Å². The van der Waals surface area contributed by atoms with Gasteiger partial charge in [-0.1, -0.05) is 54.1 Å². The van der Waals surface area contributed by atoms with Gasteiger partial charge < -0.3 is 14.5 Å². The van der Waals surface area contributed by atoms with Gasteiger partial charge in [0.15, 0.2) is 5.76 Å². The molecule has 4 rings (SSSR count). The summed E-state index contributed by atoms with van der Waals surface area (Å²) < 4.78 is 39.7. The molecule has 0 unspecified atom stereocenters. The lowest BCUT2D eigenvalue weighted by Crippen LogP contribution is -2.18. The first-order valence-corrected chi connectivity index (χ1v) is 12.9. The fraction of sp³-hybridized carbons (Fsp3) is 0.148. The Balaban J connectivity index is 1.61. The van der Waals surface area contributed by atoms with Gasteiger partial charge in [-0.2, -0.15) is 0 Å². The number of hydrogen-bond donors (Lipinski definition) is 2. The fourth-order valence-electron chi connectivity index (χ4n) is 3.53. The van der Waals surface area contributed by atoms with Crippen LogP contribution >= 0.6 is 0 Å². The summed E-state index contributed by atoms with van der Waals surface area (Å²) in [7, 11) is -4.12. The van der Waals surface area contributed by atoms with E-state index in [2.05, 4.69) is 15.0 Å². The minimum absolute atomic E-state index is 0.164. The van der Waals surface area contributed by atoms with E-state index in [-0.39, 0.29) is 35.1 Å². The number of rotatable bonds is 9. The molecule has 0 aliphatic carbocycles. The van der Waals surface area contributed by atoms with Gasteiger partial charge in [-0.3, -0.25) is 14.3 Å². The highest BCUT2D eigenvalue weighted by atomic mass is 32.2. The summed E-state index contributed by atoms with van der Waals surface area (Å²) in [5.41, 5.74) is 2.49. The Kier molecular flexibility index (Phi) is 7.69. The van der Waals surface area contributed by atoms with Crippen molar-refractivity contribution < 1.29 is 27.2 Å². The first-order valence-electron chi connectivity index (χ1n) is 11.5. The Morgan fingerprint density at radius 1 is 0.973 bits per heavy atom. The van der Waals surface area contributed by atoms with Crippen LogP contribution < -0.4 is 10.0 Å². The number of oxazole rings is 1. The van der Waals surface area contributed by atoms with Gasteiger partial charge in [0.05, 0.1) is 24.1 Å². The third-order valence-electron chi connectivity index (χ3n) is 5.32. The predicted octanol–water partition coefficient (Wildman–Crippen LogP) is 4.81. The molecule has 37 heavy (non-hydrogen) atoms.